The Morgan fingerprint density at radius 3 is 2.50 bits per heavy atom. The van der Waals surface area contributed by atoms with Gasteiger partial charge in [-0.15, -0.1) is 0 Å². The van der Waals surface area contributed by atoms with E-state index >= 15 is 0 Å². The van der Waals surface area contributed by atoms with E-state index in [2.05, 4.69) is 29.4 Å². The molecule has 2 heterocycles. The minimum absolute atomic E-state index is 0.131. The normalized spacial score (nSPS) is 11.9. The number of nitrogens with one attached hydrogen (secondary N) is 1. The highest BCUT2D eigenvalue weighted by molar-refractivity contribution is 5.90. The summed E-state index contributed by atoms with van der Waals surface area (Å²) in [5.74, 6) is 2.34. The second-order valence-corrected chi connectivity index (χ2v) is 6.53. The quantitative estimate of drug-likeness (QED) is 0.501. The first-order chi connectivity index (χ1) is 13.8. The lowest BCUT2D eigenvalue weighted by Crippen LogP contribution is -2.12. The number of nitrogens with zero attached hydrogens (tertiary/aromatic N) is 3. The van der Waals surface area contributed by atoms with Gasteiger partial charge in [0.25, 0.3) is 0 Å². The first-order valence-corrected chi connectivity index (χ1v) is 9.36. The molecule has 1 atom stereocenters. The predicted octanol–water partition coefficient (Wildman–Crippen LogP) is 5.26. The molecule has 5 nitrogen and oxygen atoms in total. The van der Waals surface area contributed by atoms with Gasteiger partial charge in [-0.05, 0) is 48.4 Å². The molecule has 1 N–H and O–H groups in total. The van der Waals surface area contributed by atoms with Crippen molar-refractivity contribution in [2.75, 3.05) is 12.4 Å². The maximum atomic E-state index is 5.28. The maximum Gasteiger partial charge on any atom is 0.163 e. The van der Waals surface area contributed by atoms with E-state index in [-0.39, 0.29) is 6.04 Å². The van der Waals surface area contributed by atoms with Crippen LogP contribution in [0.3, 0.4) is 0 Å². The first-order valence-electron chi connectivity index (χ1n) is 9.36. The molecule has 4 aromatic rings. The second kappa shape index (κ2) is 8.05. The number of rotatable bonds is 6. The van der Waals surface area contributed by atoms with Crippen molar-refractivity contribution in [2.45, 2.75) is 19.4 Å². The van der Waals surface area contributed by atoms with Crippen LogP contribution in [0.5, 0.6) is 5.75 Å². The highest BCUT2D eigenvalue weighted by atomic mass is 16.5. The van der Waals surface area contributed by atoms with E-state index in [1.54, 1.807) is 19.5 Å². The van der Waals surface area contributed by atoms with Crippen LogP contribution in [-0.4, -0.2) is 22.1 Å². The fraction of sp³-hybridized carbons (Fsp3) is 0.174. The maximum absolute atomic E-state index is 5.28. The van der Waals surface area contributed by atoms with E-state index in [4.69, 9.17) is 14.7 Å². The van der Waals surface area contributed by atoms with Crippen molar-refractivity contribution in [1.29, 1.82) is 0 Å². The molecule has 0 unspecified atom stereocenters. The molecule has 0 fully saturated rings. The Labute approximate surface area is 164 Å². The van der Waals surface area contributed by atoms with Gasteiger partial charge in [-0.3, -0.25) is 4.98 Å². The van der Waals surface area contributed by atoms with Gasteiger partial charge in [0, 0.05) is 23.3 Å². The Morgan fingerprint density at radius 1 is 0.964 bits per heavy atom. The Bertz CT molecular complexity index is 1060. The first kappa shape index (κ1) is 17.9. The molecule has 0 amide bonds. The average Bonchev–Trinajstić information content (AvgIpc) is 2.78. The Balaban J connectivity index is 1.75. The molecular weight excluding hydrogens is 348 g/mol. The largest absolute Gasteiger partial charge is 0.497 e. The van der Waals surface area contributed by atoms with Crippen LogP contribution >= 0.6 is 0 Å². The Kier molecular flexibility index (Phi) is 5.15. The highest BCUT2D eigenvalue weighted by Crippen LogP contribution is 2.29. The number of hydrogen-bond donors (Lipinski definition) is 1. The molecule has 0 aliphatic carbocycles. The van der Waals surface area contributed by atoms with Crippen molar-refractivity contribution < 1.29 is 4.74 Å². The fourth-order valence-electron chi connectivity index (χ4n) is 3.23. The molecule has 0 aliphatic rings. The van der Waals surface area contributed by atoms with Gasteiger partial charge in [0.15, 0.2) is 5.82 Å². The number of methoxy groups -OCH3 is 1. The summed E-state index contributed by atoms with van der Waals surface area (Å²) >= 11 is 0. The standard InChI is InChI=1S/C23H22N4O/c1-3-20(16-10-12-18(28-2)13-11-16)25-23-19-8-4-5-9-21(19)26-22(27-23)17-7-6-14-24-15-17/h4-15,20H,3H2,1-2H3,(H,25,26,27)/t20-/m1/s1. The number of pyridine rings is 1. The number of ether oxygens (including phenoxy) is 1. The molecule has 2 aromatic carbocycles. The molecule has 0 bridgehead atoms. The lowest BCUT2D eigenvalue weighted by Gasteiger charge is -2.20. The van der Waals surface area contributed by atoms with Gasteiger partial charge >= 0.3 is 0 Å². The van der Waals surface area contributed by atoms with Gasteiger partial charge in [0.05, 0.1) is 18.7 Å². The van der Waals surface area contributed by atoms with Crippen LogP contribution in [0.1, 0.15) is 24.9 Å². The minimum atomic E-state index is 0.131. The van der Waals surface area contributed by atoms with Gasteiger partial charge in [0.1, 0.15) is 11.6 Å². The smallest absolute Gasteiger partial charge is 0.163 e. The zero-order chi connectivity index (χ0) is 19.3. The van der Waals surface area contributed by atoms with Crippen molar-refractivity contribution in [3.63, 3.8) is 0 Å². The molecular formula is C23H22N4O. The fourth-order valence-corrected chi connectivity index (χ4v) is 3.23. The van der Waals surface area contributed by atoms with Crippen LogP contribution in [0, 0.1) is 0 Å². The van der Waals surface area contributed by atoms with E-state index < -0.39 is 0 Å². The topological polar surface area (TPSA) is 59.9 Å². The number of para-hydroxylation sites is 1. The summed E-state index contributed by atoms with van der Waals surface area (Å²) in [6.07, 6.45) is 4.46. The second-order valence-electron chi connectivity index (χ2n) is 6.53. The lowest BCUT2D eigenvalue weighted by atomic mass is 10.0. The predicted molar refractivity (Wildman–Crippen MR) is 112 cm³/mol. The third kappa shape index (κ3) is 3.64. The van der Waals surface area contributed by atoms with Crippen LogP contribution in [0.25, 0.3) is 22.3 Å². The third-order valence-corrected chi connectivity index (χ3v) is 4.76. The Morgan fingerprint density at radius 2 is 1.79 bits per heavy atom. The number of fused-ring (bicyclic) bond motifs is 1. The molecule has 140 valence electrons. The van der Waals surface area contributed by atoms with Crippen LogP contribution < -0.4 is 10.1 Å². The van der Waals surface area contributed by atoms with Gasteiger partial charge in [0.2, 0.25) is 0 Å². The molecule has 4 rings (SSSR count). The van der Waals surface area contributed by atoms with E-state index in [0.29, 0.717) is 5.82 Å². The molecule has 0 radical (unpaired) electrons. The van der Waals surface area contributed by atoms with Crippen molar-refractivity contribution in [3.05, 3.63) is 78.6 Å². The summed E-state index contributed by atoms with van der Waals surface area (Å²) in [4.78, 5) is 13.8. The SMILES string of the molecule is CC[C@@H](Nc1nc(-c2cccnc2)nc2ccccc12)c1ccc(OC)cc1. The number of benzene rings is 2. The Hall–Kier alpha value is -3.47. The van der Waals surface area contributed by atoms with E-state index in [9.17, 15) is 0 Å². The van der Waals surface area contributed by atoms with Crippen molar-refractivity contribution in [2.24, 2.45) is 0 Å². The van der Waals surface area contributed by atoms with Crippen LogP contribution in [0.4, 0.5) is 5.82 Å². The number of hydrogen-bond acceptors (Lipinski definition) is 5. The summed E-state index contributed by atoms with van der Waals surface area (Å²) in [6.45, 7) is 2.16. The van der Waals surface area contributed by atoms with E-state index in [0.717, 1.165) is 34.5 Å². The average molecular weight is 370 g/mol. The van der Waals surface area contributed by atoms with Gasteiger partial charge in [-0.25, -0.2) is 9.97 Å². The highest BCUT2D eigenvalue weighted by Gasteiger charge is 2.14. The summed E-state index contributed by atoms with van der Waals surface area (Å²) in [5, 5.41) is 4.63. The molecule has 0 aliphatic heterocycles. The zero-order valence-electron chi connectivity index (χ0n) is 16.0. The van der Waals surface area contributed by atoms with Crippen LogP contribution in [0.15, 0.2) is 73.1 Å². The monoisotopic (exact) mass is 370 g/mol. The van der Waals surface area contributed by atoms with Crippen LogP contribution in [-0.2, 0) is 0 Å². The molecule has 2 aromatic heterocycles. The summed E-state index contributed by atoms with van der Waals surface area (Å²) < 4.78 is 5.28. The van der Waals surface area contributed by atoms with Crippen molar-refractivity contribution >= 4 is 16.7 Å². The third-order valence-electron chi connectivity index (χ3n) is 4.76. The molecule has 0 spiro atoms. The van der Waals surface area contributed by atoms with Crippen LogP contribution in [0.2, 0.25) is 0 Å². The van der Waals surface area contributed by atoms with E-state index in [1.807, 2.05) is 48.5 Å². The molecule has 28 heavy (non-hydrogen) atoms. The van der Waals surface area contributed by atoms with Gasteiger partial charge < -0.3 is 10.1 Å². The molecule has 5 heteroatoms. The lowest BCUT2D eigenvalue weighted by molar-refractivity contribution is 0.414. The molecule has 0 saturated heterocycles. The van der Waals surface area contributed by atoms with Crippen molar-refractivity contribution in [3.8, 4) is 17.1 Å². The zero-order valence-corrected chi connectivity index (χ0v) is 16.0. The van der Waals surface area contributed by atoms with Gasteiger partial charge in [-0.1, -0.05) is 31.2 Å². The van der Waals surface area contributed by atoms with Crippen molar-refractivity contribution in [1.82, 2.24) is 15.0 Å². The number of aromatic nitrogens is 3. The minimum Gasteiger partial charge on any atom is -0.497 e. The number of anilines is 1. The summed E-state index contributed by atoms with van der Waals surface area (Å²) in [6, 6.07) is 20.2. The van der Waals surface area contributed by atoms with Gasteiger partial charge in [-0.2, -0.15) is 0 Å². The molecule has 0 saturated carbocycles. The summed E-state index contributed by atoms with van der Waals surface area (Å²) in [5.41, 5.74) is 2.99. The van der Waals surface area contributed by atoms with E-state index in [1.165, 1.54) is 5.56 Å². The summed E-state index contributed by atoms with van der Waals surface area (Å²) in [7, 11) is 1.68.